The highest BCUT2D eigenvalue weighted by atomic mass is 16.4. The Morgan fingerprint density at radius 2 is 0.417 bits per heavy atom. The van der Waals surface area contributed by atoms with E-state index in [1.165, 1.54) is 111 Å². The maximum atomic E-state index is 14.3. The van der Waals surface area contributed by atoms with E-state index in [1.807, 2.05) is 0 Å². The fraction of sp³-hybridized carbons (Fsp3) is 0.794. The van der Waals surface area contributed by atoms with Gasteiger partial charge in [-0.25, -0.2) is 4.79 Å². The summed E-state index contributed by atoms with van der Waals surface area (Å²) in [5, 5.41) is 44.0. The maximum absolute atomic E-state index is 14.3. The molecular formula is C68H130N20O15. The van der Waals surface area contributed by atoms with E-state index in [4.69, 9.17) is 40.1 Å². The number of hydrogen-bond donors (Lipinski definition) is 21. The fourth-order valence-corrected chi connectivity index (χ4v) is 9.81. The number of unbranched alkanes of at least 4 members (excludes halogenated alkanes) is 6. The molecule has 0 fully saturated rings. The van der Waals surface area contributed by atoms with Gasteiger partial charge in [0.2, 0.25) is 76.8 Å². The lowest BCUT2D eigenvalue weighted by Crippen LogP contribution is -2.67. The highest BCUT2D eigenvalue weighted by Gasteiger charge is 2.45. The molecule has 0 aliphatic carbocycles. The summed E-state index contributed by atoms with van der Waals surface area (Å²) in [5.41, 5.74) is 26.9. The van der Waals surface area contributed by atoms with E-state index in [1.54, 1.807) is 0 Å². The second-order valence-corrected chi connectivity index (χ2v) is 30.7. The second kappa shape index (κ2) is 43.5. The first-order valence-corrected chi connectivity index (χ1v) is 35.7. The van der Waals surface area contributed by atoms with Crippen molar-refractivity contribution in [1.29, 1.82) is 0 Å². The van der Waals surface area contributed by atoms with Gasteiger partial charge in [0.05, 0.1) is 5.54 Å². The molecule has 28 N–H and O–H groups in total. The minimum atomic E-state index is -1.81. The molecule has 0 aromatic carbocycles. The van der Waals surface area contributed by atoms with E-state index in [0.29, 0.717) is 90.1 Å². The number of carbonyl (C=O) groups is 14. The summed E-state index contributed by atoms with van der Waals surface area (Å²) in [4.78, 5) is 193. The first-order valence-electron chi connectivity index (χ1n) is 35.7. The van der Waals surface area contributed by atoms with Gasteiger partial charge in [-0.3, -0.25) is 62.3 Å². The van der Waals surface area contributed by atoms with Crippen molar-refractivity contribution in [2.75, 3.05) is 39.3 Å². The van der Waals surface area contributed by atoms with E-state index >= 15 is 0 Å². The molecule has 13 amide bonds. The third kappa shape index (κ3) is 34.2. The molecule has 0 spiro atoms. The number of carboxylic acid groups (broad SMARTS) is 1. The maximum Gasteiger partial charge on any atom is 0.326 e. The van der Waals surface area contributed by atoms with Crippen molar-refractivity contribution >= 4 is 82.8 Å². The largest absolute Gasteiger partial charge is 0.480 e. The Balaban J connectivity index is 6.63. The summed E-state index contributed by atoms with van der Waals surface area (Å²) < 4.78 is 0. The third-order valence-corrected chi connectivity index (χ3v) is 17.0. The first-order chi connectivity index (χ1) is 47.4. The van der Waals surface area contributed by atoms with Crippen LogP contribution in [0.1, 0.15) is 226 Å². The van der Waals surface area contributed by atoms with Crippen LogP contribution < -0.4 is 109 Å². The summed E-state index contributed by atoms with van der Waals surface area (Å²) in [7, 11) is 0. The zero-order chi connectivity index (χ0) is 79.7. The monoisotopic (exact) mass is 1470 g/mol. The SMILES string of the molecule is CC(C)(N)C(=O)NC(C)(C)C(=O)N[C@@H](CCCCN)C(=O)N[C@@H](CCCCN)C(=O)NC(C)(C)C(=O)NC(C)(C)C(=O)N[C@@H](CCCCN)C(=O)NC(C)(C)C(=O)NC(C)(C)C(=O)N[C@@H](CCCCN)C(=O)N[C@@H](CCCCN)C(=O)NC(C)(C)C(=O)NC(C)(C)C(=O)N[C@@H](CCCCN)C(=O)O. The molecule has 0 aromatic heterocycles. The third-order valence-electron chi connectivity index (χ3n) is 17.0. The molecule has 6 atom stereocenters. The number of hydrogen-bond acceptors (Lipinski definition) is 21. The van der Waals surface area contributed by atoms with Crippen LogP contribution in [0.3, 0.4) is 0 Å². The topological polar surface area (TPSA) is 598 Å². The van der Waals surface area contributed by atoms with Gasteiger partial charge in [-0.2, -0.15) is 0 Å². The highest BCUT2D eigenvalue weighted by Crippen LogP contribution is 2.19. The zero-order valence-corrected chi connectivity index (χ0v) is 64.1. The summed E-state index contributed by atoms with van der Waals surface area (Å²) in [6, 6.07) is -7.67. The molecule has 35 nitrogen and oxygen atoms in total. The lowest BCUT2D eigenvalue weighted by molar-refractivity contribution is -0.144. The van der Waals surface area contributed by atoms with Crippen LogP contribution in [0.4, 0.5) is 0 Å². The van der Waals surface area contributed by atoms with E-state index < -0.39 is 163 Å². The number of nitrogens with one attached hydrogen (secondary N) is 13. The number of carboxylic acids is 1. The van der Waals surface area contributed by atoms with Crippen LogP contribution in [0.15, 0.2) is 0 Å². The van der Waals surface area contributed by atoms with E-state index in [0.717, 1.165) is 0 Å². The Morgan fingerprint density at radius 3 is 0.621 bits per heavy atom. The summed E-state index contributed by atoms with van der Waals surface area (Å²) >= 11 is 0. The predicted octanol–water partition coefficient (Wildman–Crippen LogP) is -3.25. The molecule has 0 aromatic rings. The molecule has 0 radical (unpaired) electrons. The van der Waals surface area contributed by atoms with E-state index in [-0.39, 0.29) is 64.7 Å². The summed E-state index contributed by atoms with van der Waals surface area (Å²) in [6.07, 6.45) is 5.30. The molecule has 592 valence electrons. The molecule has 0 heterocycles. The molecule has 0 rings (SSSR count). The zero-order valence-electron chi connectivity index (χ0n) is 64.1. The number of carbonyl (C=O) groups excluding carboxylic acids is 13. The van der Waals surface area contributed by atoms with Crippen LogP contribution >= 0.6 is 0 Å². The fourth-order valence-electron chi connectivity index (χ4n) is 9.81. The Kier molecular flexibility index (Phi) is 40.3. The summed E-state index contributed by atoms with van der Waals surface area (Å²) in [5.74, 6) is -11.6. The molecule has 0 bridgehead atoms. The molecule has 103 heavy (non-hydrogen) atoms. The van der Waals surface area contributed by atoms with Crippen molar-refractivity contribution in [3.8, 4) is 0 Å². The van der Waals surface area contributed by atoms with Crippen LogP contribution in [0.25, 0.3) is 0 Å². The van der Waals surface area contributed by atoms with Crippen molar-refractivity contribution in [3.05, 3.63) is 0 Å². The minimum Gasteiger partial charge on any atom is -0.480 e. The van der Waals surface area contributed by atoms with Gasteiger partial charge in [0.25, 0.3) is 0 Å². The predicted molar refractivity (Wildman–Crippen MR) is 390 cm³/mol. The van der Waals surface area contributed by atoms with Crippen LogP contribution in [0, 0.1) is 0 Å². The quantitative estimate of drug-likeness (QED) is 0.0266. The number of rotatable bonds is 51. The van der Waals surface area contributed by atoms with Gasteiger partial charge in [-0.1, -0.05) is 0 Å². The highest BCUT2D eigenvalue weighted by molar-refractivity contribution is 6.03. The van der Waals surface area contributed by atoms with Crippen LogP contribution in [-0.4, -0.2) is 208 Å². The van der Waals surface area contributed by atoms with Crippen molar-refractivity contribution in [1.82, 2.24) is 69.1 Å². The molecule has 0 aliphatic heterocycles. The Bertz CT molecular complexity index is 2860. The number of nitrogens with two attached hydrogens (primary N) is 7. The van der Waals surface area contributed by atoms with Crippen LogP contribution in [0.5, 0.6) is 0 Å². The molecule has 0 aliphatic rings. The van der Waals surface area contributed by atoms with E-state index in [9.17, 15) is 72.2 Å². The number of aliphatic carboxylic acids is 1. The molecule has 0 unspecified atom stereocenters. The normalized spacial score (nSPS) is 14.1. The Morgan fingerprint density at radius 1 is 0.243 bits per heavy atom. The second-order valence-electron chi connectivity index (χ2n) is 30.7. The summed E-state index contributed by atoms with van der Waals surface area (Å²) in [6.45, 7) is 23.7. The average molecular weight is 1470 g/mol. The Hall–Kier alpha value is -7.70. The Labute approximate surface area is 608 Å². The molecule has 0 saturated heterocycles. The van der Waals surface area contributed by atoms with Crippen molar-refractivity contribution in [2.24, 2.45) is 40.1 Å². The standard InChI is InChI=1S/C68H130N20O15/c1-61(2,75)53(96)85-62(3,4)54(97)78-41(29-17-23-35-69)47(89)76-43(31-19-25-37-71)49(91)82-66(11,12)58(101)87-64(7,8)56(99)80-45(33-21-27-39-73)51(93)84-68(15,16)60(103)86-63(5,6)55(98)79-42(30-18-24-36-70)48(90)77-44(32-20-26-38-72)50(92)83-67(13,14)59(102)88-65(9,10)57(100)81-46(52(94)95)34-22-28-40-74/h41-46H,17-40,69-75H2,1-16H3,(H,76,89)(H,77,90)(H,78,97)(H,79,98)(H,80,99)(H,81,100)(H,82,91)(H,83,92)(H,84,93)(H,85,96)(H,86,103)(H,87,101)(H,88,102)(H,94,95)/t41-,42-,43-,44-,45-,46-/m0/s1. The average Bonchev–Trinajstić information content (AvgIpc) is 0.827. The van der Waals surface area contributed by atoms with Gasteiger partial charge >= 0.3 is 5.97 Å². The molecular weight excluding hydrogens is 1340 g/mol. The van der Waals surface area contributed by atoms with Gasteiger partial charge in [-0.15, -0.1) is 0 Å². The van der Waals surface area contributed by atoms with Crippen LogP contribution in [0.2, 0.25) is 0 Å². The van der Waals surface area contributed by atoms with Crippen LogP contribution in [-0.2, 0) is 67.1 Å². The first kappa shape index (κ1) is 95.3. The van der Waals surface area contributed by atoms with Crippen molar-refractivity contribution in [3.63, 3.8) is 0 Å². The van der Waals surface area contributed by atoms with Gasteiger partial charge in [0.1, 0.15) is 75.0 Å². The van der Waals surface area contributed by atoms with E-state index in [2.05, 4.69) is 69.1 Å². The van der Waals surface area contributed by atoms with Gasteiger partial charge in [0.15, 0.2) is 0 Å². The van der Waals surface area contributed by atoms with Crippen molar-refractivity contribution < 1.29 is 72.2 Å². The molecule has 35 heteroatoms. The molecule has 0 saturated carbocycles. The van der Waals surface area contributed by atoms with Gasteiger partial charge in [-0.05, 0) is 266 Å². The lowest BCUT2D eigenvalue weighted by Gasteiger charge is -2.35. The lowest BCUT2D eigenvalue weighted by atomic mass is 9.96. The smallest absolute Gasteiger partial charge is 0.326 e. The number of amides is 13. The minimum absolute atomic E-state index is 0.00503. The van der Waals surface area contributed by atoms with Gasteiger partial charge < -0.3 is 114 Å². The van der Waals surface area contributed by atoms with Gasteiger partial charge in [0, 0.05) is 0 Å². The van der Waals surface area contributed by atoms with Crippen molar-refractivity contribution in [2.45, 2.75) is 307 Å².